The lowest BCUT2D eigenvalue weighted by Crippen LogP contribution is -2.38. The van der Waals surface area contributed by atoms with Gasteiger partial charge in [-0.15, -0.1) is 0 Å². The van der Waals surface area contributed by atoms with E-state index in [0.717, 1.165) is 29.4 Å². The van der Waals surface area contributed by atoms with Crippen molar-refractivity contribution in [3.05, 3.63) is 104 Å². The predicted octanol–water partition coefficient (Wildman–Crippen LogP) is 4.38. The standard InChI is InChI=1S/C27H18Cl2F2N6O5/c1-42-14-7-17(28)21(18(29)8-14)36-11-34-23(32)19(27(36)41)24(38)35-13-6-12(9-33-10-13)20(22(30)31)37-25(39)15-4-2-3-5-16(15)26(37)40/h2-11,20,22H,32H2,1H3,(H,35,38)/t20-/m0/s1. The Balaban J connectivity index is 1.48. The van der Waals surface area contributed by atoms with E-state index in [9.17, 15) is 28.0 Å². The fraction of sp³-hybridized carbons (Fsp3) is 0.111. The van der Waals surface area contributed by atoms with Crippen molar-refractivity contribution in [2.75, 3.05) is 18.2 Å². The maximum Gasteiger partial charge on any atom is 0.273 e. The second kappa shape index (κ2) is 11.2. The van der Waals surface area contributed by atoms with Gasteiger partial charge >= 0.3 is 0 Å². The number of alkyl halides is 2. The topological polar surface area (TPSA) is 150 Å². The van der Waals surface area contributed by atoms with Crippen LogP contribution in [0, 0.1) is 0 Å². The Morgan fingerprint density at radius 1 is 1.02 bits per heavy atom. The normalized spacial score (nSPS) is 13.3. The lowest BCUT2D eigenvalue weighted by molar-refractivity contribution is 0.0221. The van der Waals surface area contributed by atoms with Gasteiger partial charge in [0.05, 0.1) is 45.9 Å². The summed E-state index contributed by atoms with van der Waals surface area (Å²) < 4.78 is 34.7. The number of hydrogen-bond donors (Lipinski definition) is 2. The molecule has 0 unspecified atom stereocenters. The number of methoxy groups -OCH3 is 1. The quantitative estimate of drug-likeness (QED) is 0.291. The van der Waals surface area contributed by atoms with Crippen LogP contribution >= 0.6 is 23.2 Å². The third-order valence-corrected chi connectivity index (χ3v) is 6.97. The van der Waals surface area contributed by atoms with E-state index in [1.807, 2.05) is 0 Å². The van der Waals surface area contributed by atoms with Gasteiger partial charge in [0, 0.05) is 23.9 Å². The predicted molar refractivity (Wildman–Crippen MR) is 149 cm³/mol. The van der Waals surface area contributed by atoms with Crippen molar-refractivity contribution in [1.29, 1.82) is 0 Å². The molecular weight excluding hydrogens is 597 g/mol. The number of aromatic nitrogens is 3. The number of nitrogens with two attached hydrogens (primary N) is 1. The molecule has 1 aliphatic rings. The largest absolute Gasteiger partial charge is 0.497 e. The van der Waals surface area contributed by atoms with Crippen molar-refractivity contribution in [3.8, 4) is 11.4 Å². The van der Waals surface area contributed by atoms with Crippen LogP contribution in [0.15, 0.2) is 66.0 Å². The minimum Gasteiger partial charge on any atom is -0.497 e. The first kappa shape index (κ1) is 28.6. The van der Waals surface area contributed by atoms with Gasteiger partial charge in [-0.25, -0.2) is 13.8 Å². The average Bonchev–Trinajstić information content (AvgIpc) is 3.19. The van der Waals surface area contributed by atoms with Gasteiger partial charge in [-0.3, -0.25) is 33.6 Å². The highest BCUT2D eigenvalue weighted by Crippen LogP contribution is 2.36. The highest BCUT2D eigenvalue weighted by atomic mass is 35.5. The summed E-state index contributed by atoms with van der Waals surface area (Å²) in [6, 6.07) is 7.64. The second-order valence-electron chi connectivity index (χ2n) is 8.89. The molecule has 15 heteroatoms. The van der Waals surface area contributed by atoms with E-state index < -0.39 is 47.1 Å². The van der Waals surface area contributed by atoms with Gasteiger partial charge in [0.25, 0.3) is 29.7 Å². The minimum atomic E-state index is -3.19. The van der Waals surface area contributed by atoms with Crippen molar-refractivity contribution >= 4 is 52.4 Å². The van der Waals surface area contributed by atoms with E-state index in [1.165, 1.54) is 43.5 Å². The summed E-state index contributed by atoms with van der Waals surface area (Å²) in [7, 11) is 1.40. The van der Waals surface area contributed by atoms with Gasteiger partial charge in [-0.05, 0) is 18.2 Å². The summed E-state index contributed by atoms with van der Waals surface area (Å²) in [6.45, 7) is 0. The molecule has 3 amide bonds. The molecule has 4 aromatic rings. The third kappa shape index (κ3) is 4.92. The number of nitrogen functional groups attached to an aromatic ring is 1. The highest BCUT2D eigenvalue weighted by molar-refractivity contribution is 6.38. The summed E-state index contributed by atoms with van der Waals surface area (Å²) in [5.41, 5.74) is 3.93. The molecule has 0 bridgehead atoms. The molecule has 0 saturated carbocycles. The van der Waals surface area contributed by atoms with Gasteiger partial charge in [0.2, 0.25) is 0 Å². The second-order valence-corrected chi connectivity index (χ2v) is 9.70. The van der Waals surface area contributed by atoms with Crippen LogP contribution in [0.2, 0.25) is 10.0 Å². The molecule has 0 saturated heterocycles. The fourth-order valence-corrected chi connectivity index (χ4v) is 5.13. The molecule has 0 spiro atoms. The molecule has 1 aliphatic heterocycles. The van der Waals surface area contributed by atoms with E-state index in [1.54, 1.807) is 0 Å². The Labute approximate surface area is 245 Å². The Bertz CT molecular complexity index is 1780. The number of halogens is 4. The average molecular weight is 615 g/mol. The number of ether oxygens (including phenoxy) is 1. The molecule has 11 nitrogen and oxygen atoms in total. The molecule has 2 aromatic carbocycles. The number of benzene rings is 2. The van der Waals surface area contributed by atoms with Crippen LogP contribution in [0.25, 0.3) is 5.69 Å². The first-order chi connectivity index (χ1) is 20.0. The van der Waals surface area contributed by atoms with Crippen molar-refractivity contribution in [3.63, 3.8) is 0 Å². The van der Waals surface area contributed by atoms with Crippen LogP contribution in [0.5, 0.6) is 5.75 Å². The van der Waals surface area contributed by atoms with E-state index in [0.29, 0.717) is 10.6 Å². The molecule has 1 atom stereocenters. The summed E-state index contributed by atoms with van der Waals surface area (Å²) in [4.78, 5) is 60.5. The number of imide groups is 1. The summed E-state index contributed by atoms with van der Waals surface area (Å²) in [5.74, 6) is -2.95. The van der Waals surface area contributed by atoms with E-state index >= 15 is 0 Å². The van der Waals surface area contributed by atoms with E-state index in [4.69, 9.17) is 33.7 Å². The van der Waals surface area contributed by atoms with Crippen molar-refractivity contribution in [2.24, 2.45) is 0 Å². The van der Waals surface area contributed by atoms with Gasteiger partial charge in [0.15, 0.2) is 0 Å². The van der Waals surface area contributed by atoms with Crippen molar-refractivity contribution in [1.82, 2.24) is 19.4 Å². The molecule has 0 aliphatic carbocycles. The smallest absolute Gasteiger partial charge is 0.273 e. The van der Waals surface area contributed by atoms with Crippen LogP contribution in [0.1, 0.15) is 42.7 Å². The Kier molecular flexibility index (Phi) is 7.63. The van der Waals surface area contributed by atoms with Crippen molar-refractivity contribution in [2.45, 2.75) is 12.5 Å². The lowest BCUT2D eigenvalue weighted by Gasteiger charge is -2.26. The molecular formula is C27H18Cl2F2N6O5. The van der Waals surface area contributed by atoms with Crippen LogP contribution in [0.4, 0.5) is 20.3 Å². The molecule has 3 N–H and O–H groups in total. The maximum atomic E-state index is 14.3. The van der Waals surface area contributed by atoms with Gasteiger partial charge in [-0.1, -0.05) is 35.3 Å². The summed E-state index contributed by atoms with van der Waals surface area (Å²) in [6.07, 6.45) is -0.00461. The summed E-state index contributed by atoms with van der Waals surface area (Å²) in [5, 5.41) is 2.41. The molecule has 3 heterocycles. The number of pyridine rings is 1. The monoisotopic (exact) mass is 614 g/mol. The molecule has 214 valence electrons. The number of carbonyl (C=O) groups excluding carboxylic acids is 3. The number of anilines is 2. The highest BCUT2D eigenvalue weighted by Gasteiger charge is 2.44. The first-order valence-corrected chi connectivity index (χ1v) is 12.7. The number of amides is 3. The third-order valence-electron chi connectivity index (χ3n) is 6.40. The Morgan fingerprint density at radius 3 is 2.21 bits per heavy atom. The van der Waals surface area contributed by atoms with E-state index in [-0.39, 0.29) is 38.1 Å². The van der Waals surface area contributed by atoms with Gasteiger partial charge < -0.3 is 15.8 Å². The zero-order chi connectivity index (χ0) is 30.3. The molecule has 42 heavy (non-hydrogen) atoms. The number of nitrogens with one attached hydrogen (secondary N) is 1. The van der Waals surface area contributed by atoms with E-state index in [2.05, 4.69) is 15.3 Å². The van der Waals surface area contributed by atoms with Crippen LogP contribution in [0.3, 0.4) is 0 Å². The van der Waals surface area contributed by atoms with Crippen LogP contribution < -0.4 is 21.3 Å². The SMILES string of the molecule is COc1cc(Cl)c(-n2cnc(N)c(C(=O)Nc3cncc([C@@H](C(F)F)N4C(=O)c5ccccc5C4=O)c3)c2=O)c(Cl)c1. The number of rotatable bonds is 7. The number of fused-ring (bicyclic) bond motifs is 1. The molecule has 0 radical (unpaired) electrons. The van der Waals surface area contributed by atoms with Crippen LogP contribution in [-0.4, -0.2) is 50.7 Å². The Morgan fingerprint density at radius 2 is 1.64 bits per heavy atom. The van der Waals surface area contributed by atoms with Crippen LogP contribution in [-0.2, 0) is 0 Å². The zero-order valence-corrected chi connectivity index (χ0v) is 22.9. The number of hydrogen-bond acceptors (Lipinski definition) is 8. The Hall–Kier alpha value is -4.88. The molecule has 0 fully saturated rings. The molecule has 5 rings (SSSR count). The number of carbonyl (C=O) groups is 3. The molecule has 2 aromatic heterocycles. The lowest BCUT2D eigenvalue weighted by atomic mass is 10.1. The summed E-state index contributed by atoms with van der Waals surface area (Å²) >= 11 is 12.6. The minimum absolute atomic E-state index is 0.00837. The van der Waals surface area contributed by atoms with Gasteiger partial charge in [0.1, 0.15) is 29.5 Å². The zero-order valence-electron chi connectivity index (χ0n) is 21.3. The first-order valence-electron chi connectivity index (χ1n) is 11.9. The fourth-order valence-electron chi connectivity index (χ4n) is 4.48. The number of nitrogens with zero attached hydrogens (tertiary/aromatic N) is 4. The van der Waals surface area contributed by atoms with Gasteiger partial charge in [-0.2, -0.15) is 0 Å². The van der Waals surface area contributed by atoms with Crippen molar-refractivity contribution < 1.29 is 27.9 Å². The maximum absolute atomic E-state index is 14.3.